The zero-order valence-electron chi connectivity index (χ0n) is 13.3. The van der Waals surface area contributed by atoms with Crippen molar-refractivity contribution < 1.29 is 9.21 Å². The fourth-order valence-electron chi connectivity index (χ4n) is 2.95. The Morgan fingerprint density at radius 1 is 1.50 bits per heavy atom. The van der Waals surface area contributed by atoms with Gasteiger partial charge in [-0.25, -0.2) is 4.98 Å². The van der Waals surface area contributed by atoms with Crippen LogP contribution in [0.5, 0.6) is 0 Å². The Balaban J connectivity index is 1.78. The van der Waals surface area contributed by atoms with Crippen molar-refractivity contribution in [3.63, 3.8) is 0 Å². The average molecular weight is 302 g/mol. The maximum atomic E-state index is 12.7. The Labute approximate surface area is 130 Å². The zero-order chi connectivity index (χ0) is 15.7. The molecule has 22 heavy (non-hydrogen) atoms. The first-order valence-corrected chi connectivity index (χ1v) is 7.68. The van der Waals surface area contributed by atoms with E-state index in [9.17, 15) is 4.79 Å². The Morgan fingerprint density at radius 2 is 2.32 bits per heavy atom. The fraction of sp³-hybridized carbons (Fsp3) is 0.500. The summed E-state index contributed by atoms with van der Waals surface area (Å²) in [5, 5.41) is 0. The third-order valence-corrected chi connectivity index (χ3v) is 4.32. The lowest BCUT2D eigenvalue weighted by atomic mass is 10.1. The predicted molar refractivity (Wildman–Crippen MR) is 82.7 cm³/mol. The van der Waals surface area contributed by atoms with Gasteiger partial charge in [0.1, 0.15) is 11.6 Å². The molecule has 0 unspecified atom stereocenters. The van der Waals surface area contributed by atoms with Crippen molar-refractivity contribution in [2.45, 2.75) is 26.3 Å². The van der Waals surface area contributed by atoms with Gasteiger partial charge in [-0.15, -0.1) is 0 Å². The van der Waals surface area contributed by atoms with E-state index in [2.05, 4.69) is 21.9 Å². The van der Waals surface area contributed by atoms with E-state index >= 15 is 0 Å². The van der Waals surface area contributed by atoms with Gasteiger partial charge in [-0.1, -0.05) is 6.92 Å². The molecule has 6 heteroatoms. The van der Waals surface area contributed by atoms with Crippen LogP contribution in [0.2, 0.25) is 0 Å². The van der Waals surface area contributed by atoms with Gasteiger partial charge in [0.25, 0.3) is 5.91 Å². The molecule has 0 radical (unpaired) electrons. The molecule has 1 N–H and O–H groups in total. The zero-order valence-corrected chi connectivity index (χ0v) is 13.3. The van der Waals surface area contributed by atoms with Crippen molar-refractivity contribution in [1.82, 2.24) is 19.8 Å². The number of hydrogen-bond acceptors (Lipinski definition) is 4. The Morgan fingerprint density at radius 3 is 2.95 bits per heavy atom. The van der Waals surface area contributed by atoms with Crippen molar-refractivity contribution >= 4 is 5.91 Å². The van der Waals surface area contributed by atoms with E-state index in [1.54, 1.807) is 6.20 Å². The molecule has 1 fully saturated rings. The van der Waals surface area contributed by atoms with Gasteiger partial charge in [-0.2, -0.15) is 0 Å². The summed E-state index contributed by atoms with van der Waals surface area (Å²) >= 11 is 0. The molecule has 6 nitrogen and oxygen atoms in total. The average Bonchev–Trinajstić information content (AvgIpc) is 3.16. The molecule has 1 aliphatic rings. The third kappa shape index (κ3) is 2.66. The summed E-state index contributed by atoms with van der Waals surface area (Å²) in [7, 11) is 2.06. The molecular weight excluding hydrogens is 280 g/mol. The summed E-state index contributed by atoms with van der Waals surface area (Å²) in [6.07, 6.45) is 4.36. The van der Waals surface area contributed by atoms with Crippen LogP contribution in [0.4, 0.5) is 0 Å². The van der Waals surface area contributed by atoms with Gasteiger partial charge in [0, 0.05) is 38.4 Å². The highest BCUT2D eigenvalue weighted by atomic mass is 16.4. The lowest BCUT2D eigenvalue weighted by molar-refractivity contribution is 0.0504. The molecule has 0 spiro atoms. The summed E-state index contributed by atoms with van der Waals surface area (Å²) < 4.78 is 5.70. The standard InChI is InChI=1S/C16H22N4O2/c1-4-13-11(2)9-14(22-13)16(21)20-8-7-19(3)12(10-20)15-17-5-6-18-15/h5-6,9,12H,4,7-8,10H2,1-3H3,(H,17,18)/t12-/m1/s1. The first-order valence-electron chi connectivity index (χ1n) is 7.68. The molecule has 0 saturated carbocycles. The van der Waals surface area contributed by atoms with Crippen LogP contribution in [0.15, 0.2) is 22.9 Å². The fourth-order valence-corrected chi connectivity index (χ4v) is 2.95. The van der Waals surface area contributed by atoms with Crippen molar-refractivity contribution in [2.75, 3.05) is 26.7 Å². The Kier molecular flexibility index (Phi) is 4.02. The summed E-state index contributed by atoms with van der Waals surface area (Å²) in [6, 6.07) is 1.94. The SMILES string of the molecule is CCc1oc(C(=O)N2CCN(C)[C@@H](c3ncc[nH]3)C2)cc1C. The van der Waals surface area contributed by atoms with Gasteiger partial charge in [0.05, 0.1) is 6.04 Å². The summed E-state index contributed by atoms with van der Waals surface area (Å²) in [5.74, 6) is 2.19. The van der Waals surface area contributed by atoms with E-state index in [0.29, 0.717) is 18.8 Å². The second-order valence-electron chi connectivity index (χ2n) is 5.79. The van der Waals surface area contributed by atoms with Gasteiger partial charge in [0.2, 0.25) is 0 Å². The predicted octanol–water partition coefficient (Wildman–Crippen LogP) is 2.00. The number of aromatic nitrogens is 2. The highest BCUT2D eigenvalue weighted by Crippen LogP contribution is 2.23. The van der Waals surface area contributed by atoms with E-state index < -0.39 is 0 Å². The number of furan rings is 1. The monoisotopic (exact) mass is 302 g/mol. The first-order chi connectivity index (χ1) is 10.6. The third-order valence-electron chi connectivity index (χ3n) is 4.32. The van der Waals surface area contributed by atoms with Crippen LogP contribution in [0, 0.1) is 6.92 Å². The molecule has 1 atom stereocenters. The minimum absolute atomic E-state index is 0.0348. The van der Waals surface area contributed by atoms with Gasteiger partial charge >= 0.3 is 0 Å². The molecule has 0 aromatic carbocycles. The second-order valence-corrected chi connectivity index (χ2v) is 5.79. The molecule has 118 valence electrons. The number of carbonyl (C=O) groups excluding carboxylic acids is 1. The number of nitrogens with zero attached hydrogens (tertiary/aromatic N) is 3. The normalized spacial score (nSPS) is 19.6. The maximum Gasteiger partial charge on any atom is 0.289 e. The number of nitrogens with one attached hydrogen (secondary N) is 1. The highest BCUT2D eigenvalue weighted by Gasteiger charge is 2.31. The lowest BCUT2D eigenvalue weighted by Gasteiger charge is -2.38. The van der Waals surface area contributed by atoms with Crippen LogP contribution in [-0.4, -0.2) is 52.4 Å². The highest BCUT2D eigenvalue weighted by molar-refractivity contribution is 5.92. The minimum Gasteiger partial charge on any atom is -0.456 e. The lowest BCUT2D eigenvalue weighted by Crippen LogP contribution is -2.49. The molecule has 0 aliphatic carbocycles. The number of piperazine rings is 1. The molecular formula is C16H22N4O2. The van der Waals surface area contributed by atoms with E-state index in [1.807, 2.05) is 31.0 Å². The number of aryl methyl sites for hydroxylation is 2. The van der Waals surface area contributed by atoms with Crippen molar-refractivity contribution in [3.8, 4) is 0 Å². The number of amides is 1. The number of aromatic amines is 1. The molecule has 1 aliphatic heterocycles. The number of H-pyrrole nitrogens is 1. The summed E-state index contributed by atoms with van der Waals surface area (Å²) in [5.41, 5.74) is 1.04. The summed E-state index contributed by atoms with van der Waals surface area (Å²) in [6.45, 7) is 6.15. The van der Waals surface area contributed by atoms with Gasteiger partial charge in [-0.05, 0) is 25.6 Å². The topological polar surface area (TPSA) is 65.4 Å². The second kappa shape index (κ2) is 5.96. The van der Waals surface area contributed by atoms with Crippen molar-refractivity contribution in [2.24, 2.45) is 0 Å². The van der Waals surface area contributed by atoms with Crippen molar-refractivity contribution in [3.05, 3.63) is 41.4 Å². The molecule has 2 aromatic rings. The molecule has 3 rings (SSSR count). The number of hydrogen-bond donors (Lipinski definition) is 1. The van der Waals surface area contributed by atoms with Crippen LogP contribution in [0.1, 0.15) is 40.7 Å². The Bertz CT molecular complexity index is 647. The molecule has 1 saturated heterocycles. The van der Waals surface area contributed by atoms with Crippen molar-refractivity contribution in [1.29, 1.82) is 0 Å². The van der Waals surface area contributed by atoms with E-state index in [1.165, 1.54) is 0 Å². The number of carbonyl (C=O) groups is 1. The largest absolute Gasteiger partial charge is 0.456 e. The van der Waals surface area contributed by atoms with Gasteiger partial charge in [0.15, 0.2) is 5.76 Å². The van der Waals surface area contributed by atoms with E-state index in [-0.39, 0.29) is 11.9 Å². The molecule has 3 heterocycles. The minimum atomic E-state index is -0.0348. The van der Waals surface area contributed by atoms with E-state index in [4.69, 9.17) is 4.42 Å². The molecule has 0 bridgehead atoms. The van der Waals surface area contributed by atoms with Gasteiger partial charge in [-0.3, -0.25) is 9.69 Å². The Hall–Kier alpha value is -2.08. The quantitative estimate of drug-likeness (QED) is 0.942. The van der Waals surface area contributed by atoms with E-state index in [0.717, 1.165) is 30.1 Å². The molecule has 2 aromatic heterocycles. The summed E-state index contributed by atoms with van der Waals surface area (Å²) in [4.78, 5) is 24.2. The van der Waals surface area contributed by atoms with Crippen LogP contribution >= 0.6 is 0 Å². The maximum absolute atomic E-state index is 12.7. The van der Waals surface area contributed by atoms with Crippen LogP contribution in [-0.2, 0) is 6.42 Å². The molecule has 1 amide bonds. The smallest absolute Gasteiger partial charge is 0.289 e. The van der Waals surface area contributed by atoms with Crippen LogP contribution in [0.25, 0.3) is 0 Å². The van der Waals surface area contributed by atoms with Gasteiger partial charge < -0.3 is 14.3 Å². The van der Waals surface area contributed by atoms with Crippen LogP contribution < -0.4 is 0 Å². The first kappa shape index (κ1) is 14.8. The number of likely N-dealkylation sites (N-methyl/N-ethyl adjacent to an activating group) is 1. The van der Waals surface area contributed by atoms with Crippen LogP contribution in [0.3, 0.4) is 0 Å². The number of imidazole rings is 1. The number of rotatable bonds is 3.